The van der Waals surface area contributed by atoms with E-state index in [1.807, 2.05) is 0 Å². The van der Waals surface area contributed by atoms with Crippen molar-refractivity contribution in [2.75, 3.05) is 13.2 Å². The van der Waals surface area contributed by atoms with Crippen molar-refractivity contribution in [1.29, 1.82) is 0 Å². The number of hydrogen-bond acceptors (Lipinski definition) is 6. The summed E-state index contributed by atoms with van der Waals surface area (Å²) in [6.45, 7) is 2.54. The van der Waals surface area contributed by atoms with Gasteiger partial charge in [-0.15, -0.1) is 0 Å². The van der Waals surface area contributed by atoms with Crippen molar-refractivity contribution in [2.45, 2.75) is 127 Å². The zero-order valence-electron chi connectivity index (χ0n) is 19.1. The van der Waals surface area contributed by atoms with Crippen molar-refractivity contribution in [3.05, 3.63) is 12.2 Å². The van der Waals surface area contributed by atoms with Crippen molar-refractivity contribution in [3.8, 4) is 0 Å². The van der Waals surface area contributed by atoms with E-state index in [4.69, 9.17) is 4.74 Å². The van der Waals surface area contributed by atoms with Gasteiger partial charge in [-0.3, -0.25) is 5.32 Å². The first-order valence-electron chi connectivity index (χ1n) is 12.3. The lowest BCUT2D eigenvalue weighted by Gasteiger charge is -2.40. The maximum absolute atomic E-state index is 9.97. The van der Waals surface area contributed by atoms with E-state index >= 15 is 0 Å². The fourth-order valence-corrected chi connectivity index (χ4v) is 3.89. The van der Waals surface area contributed by atoms with Crippen LogP contribution in [0, 0.1) is 0 Å². The summed E-state index contributed by atoms with van der Waals surface area (Å²) in [4.78, 5) is 0. The molecule has 5 N–H and O–H groups in total. The van der Waals surface area contributed by atoms with Gasteiger partial charge in [-0.05, 0) is 38.6 Å². The summed E-state index contributed by atoms with van der Waals surface area (Å²) in [5.74, 6) is 0. The van der Waals surface area contributed by atoms with E-state index in [1.54, 1.807) is 0 Å². The highest BCUT2D eigenvalue weighted by atomic mass is 16.6. The molecule has 6 nitrogen and oxygen atoms in total. The molecule has 178 valence electrons. The van der Waals surface area contributed by atoms with Gasteiger partial charge in [0.2, 0.25) is 0 Å². The Morgan fingerprint density at radius 1 is 0.700 bits per heavy atom. The zero-order valence-corrected chi connectivity index (χ0v) is 19.1. The molecule has 1 aliphatic heterocycles. The second-order valence-electron chi connectivity index (χ2n) is 8.64. The number of hydrogen-bond donors (Lipinski definition) is 5. The molecule has 0 bridgehead atoms. The molecule has 5 atom stereocenters. The maximum atomic E-state index is 9.97. The topological polar surface area (TPSA) is 102 Å². The monoisotopic (exact) mass is 429 g/mol. The van der Waals surface area contributed by atoms with E-state index in [0.29, 0.717) is 6.54 Å². The number of unbranched alkanes of at least 4 members (excludes halogenated alkanes) is 12. The quantitative estimate of drug-likeness (QED) is 0.169. The highest BCUT2D eigenvalue weighted by Crippen LogP contribution is 2.19. The third-order valence-electron chi connectivity index (χ3n) is 5.93. The minimum Gasteiger partial charge on any atom is -0.394 e. The van der Waals surface area contributed by atoms with Crippen LogP contribution >= 0.6 is 0 Å². The van der Waals surface area contributed by atoms with E-state index in [-0.39, 0.29) is 0 Å². The van der Waals surface area contributed by atoms with Crippen LogP contribution in [0.3, 0.4) is 0 Å². The third-order valence-corrected chi connectivity index (χ3v) is 5.93. The molecule has 0 aromatic heterocycles. The van der Waals surface area contributed by atoms with E-state index in [0.717, 1.165) is 12.8 Å². The Labute approximate surface area is 183 Å². The predicted molar refractivity (Wildman–Crippen MR) is 121 cm³/mol. The van der Waals surface area contributed by atoms with Gasteiger partial charge in [-0.1, -0.05) is 76.9 Å². The van der Waals surface area contributed by atoms with Gasteiger partial charge < -0.3 is 25.2 Å². The average Bonchev–Trinajstić information content (AvgIpc) is 2.75. The van der Waals surface area contributed by atoms with Crippen molar-refractivity contribution in [2.24, 2.45) is 0 Å². The summed E-state index contributed by atoms with van der Waals surface area (Å²) in [6, 6.07) is 0. The smallest absolute Gasteiger partial charge is 0.137 e. The highest BCUT2D eigenvalue weighted by molar-refractivity contribution is 4.90. The van der Waals surface area contributed by atoms with Gasteiger partial charge in [0.15, 0.2) is 0 Å². The van der Waals surface area contributed by atoms with E-state index < -0.39 is 37.3 Å². The lowest BCUT2D eigenvalue weighted by Crippen LogP contribution is -2.62. The number of rotatable bonds is 18. The second kappa shape index (κ2) is 18.1. The van der Waals surface area contributed by atoms with Gasteiger partial charge in [-0.25, -0.2) is 0 Å². The molecule has 0 aromatic carbocycles. The molecule has 30 heavy (non-hydrogen) atoms. The molecule has 0 radical (unpaired) electrons. The Morgan fingerprint density at radius 2 is 1.23 bits per heavy atom. The first-order valence-corrected chi connectivity index (χ1v) is 12.3. The Balaban J connectivity index is 1.90. The molecule has 0 aliphatic carbocycles. The number of aliphatic hydroxyl groups is 4. The molecule has 0 saturated carbocycles. The van der Waals surface area contributed by atoms with Crippen molar-refractivity contribution < 1.29 is 25.2 Å². The van der Waals surface area contributed by atoms with E-state index in [2.05, 4.69) is 24.4 Å². The lowest BCUT2D eigenvalue weighted by atomic mass is 9.98. The summed E-state index contributed by atoms with van der Waals surface area (Å²) in [5, 5.41) is 41.8. The SMILES string of the molecule is CCCCCCCCC=CCCCCCCCCNC1O[C@H](CO)[C@@H](O)[C@H](O)[C@H]1O. The van der Waals surface area contributed by atoms with Gasteiger partial charge in [0, 0.05) is 0 Å². The summed E-state index contributed by atoms with van der Waals surface area (Å²) < 4.78 is 5.43. The molecule has 1 rings (SSSR count). The average molecular weight is 430 g/mol. The first-order chi connectivity index (χ1) is 14.6. The van der Waals surface area contributed by atoms with Crippen molar-refractivity contribution >= 4 is 0 Å². The zero-order chi connectivity index (χ0) is 22.0. The van der Waals surface area contributed by atoms with Crippen LogP contribution in [0.25, 0.3) is 0 Å². The number of aliphatic hydroxyl groups excluding tert-OH is 4. The van der Waals surface area contributed by atoms with Crippen LogP contribution in [0.1, 0.15) is 96.8 Å². The normalized spacial score (nSPS) is 27.2. The molecule has 0 amide bonds. The summed E-state index contributed by atoms with van der Waals surface area (Å²) in [6.07, 6.45) is 16.9. The maximum Gasteiger partial charge on any atom is 0.137 e. The molecule has 1 aliphatic rings. The molecule has 6 heteroatoms. The molecular weight excluding hydrogens is 382 g/mol. The molecule has 0 aromatic rings. The number of ether oxygens (including phenoxy) is 1. The predicted octanol–water partition coefficient (Wildman–Crippen LogP) is 3.41. The number of allylic oxidation sites excluding steroid dienone is 2. The first kappa shape index (κ1) is 27.5. The van der Waals surface area contributed by atoms with Crippen LogP contribution in [0.2, 0.25) is 0 Å². The Morgan fingerprint density at radius 3 is 1.80 bits per heavy atom. The van der Waals surface area contributed by atoms with E-state index in [1.165, 1.54) is 77.0 Å². The van der Waals surface area contributed by atoms with Gasteiger partial charge in [0.05, 0.1) is 6.61 Å². The van der Waals surface area contributed by atoms with Crippen LogP contribution in [0.4, 0.5) is 0 Å². The van der Waals surface area contributed by atoms with Gasteiger partial charge in [0.1, 0.15) is 30.6 Å². The summed E-state index contributed by atoms with van der Waals surface area (Å²) >= 11 is 0. The van der Waals surface area contributed by atoms with Crippen LogP contribution in [0.5, 0.6) is 0 Å². The Bertz CT molecular complexity index is 418. The van der Waals surface area contributed by atoms with Crippen LogP contribution < -0.4 is 5.32 Å². The Hall–Kier alpha value is -0.500. The molecular formula is C24H47NO5. The second-order valence-corrected chi connectivity index (χ2v) is 8.64. The van der Waals surface area contributed by atoms with Crippen molar-refractivity contribution in [3.63, 3.8) is 0 Å². The fraction of sp³-hybridized carbons (Fsp3) is 0.917. The minimum absolute atomic E-state index is 0.392. The number of nitrogens with one attached hydrogen (secondary N) is 1. The molecule has 1 saturated heterocycles. The standard InChI is InChI=1S/C24H47NO5/c1-2-3-4-5-6-7-8-9-10-11-12-13-14-15-16-17-18-25-24-23(29)22(28)21(27)20(19-26)30-24/h9-10,20-29H,2-8,11-19H2,1H3/t20-,21-,22+,23-,24?/m1/s1. The lowest BCUT2D eigenvalue weighted by molar-refractivity contribution is -0.236. The third kappa shape index (κ3) is 11.8. The summed E-state index contributed by atoms with van der Waals surface area (Å²) in [7, 11) is 0. The molecule has 1 unspecified atom stereocenters. The van der Waals surface area contributed by atoms with Gasteiger partial charge in [0.25, 0.3) is 0 Å². The Kier molecular flexibility index (Phi) is 16.6. The fourth-order valence-electron chi connectivity index (χ4n) is 3.89. The largest absolute Gasteiger partial charge is 0.394 e. The summed E-state index contributed by atoms with van der Waals surface area (Å²) in [5.41, 5.74) is 0. The highest BCUT2D eigenvalue weighted by Gasteiger charge is 2.42. The molecule has 1 fully saturated rings. The van der Waals surface area contributed by atoms with Gasteiger partial charge in [-0.2, -0.15) is 0 Å². The van der Waals surface area contributed by atoms with Crippen LogP contribution in [0.15, 0.2) is 12.2 Å². The van der Waals surface area contributed by atoms with Crippen LogP contribution in [-0.2, 0) is 4.74 Å². The van der Waals surface area contributed by atoms with E-state index in [9.17, 15) is 20.4 Å². The molecule has 1 heterocycles. The van der Waals surface area contributed by atoms with Crippen LogP contribution in [-0.4, -0.2) is 64.2 Å². The molecule has 0 spiro atoms. The minimum atomic E-state index is -1.31. The van der Waals surface area contributed by atoms with Gasteiger partial charge >= 0.3 is 0 Å². The van der Waals surface area contributed by atoms with Crippen molar-refractivity contribution in [1.82, 2.24) is 5.32 Å².